The second-order valence-corrected chi connectivity index (χ2v) is 11.6. The average Bonchev–Trinajstić information content (AvgIpc) is 3.36. The zero-order valence-corrected chi connectivity index (χ0v) is 23.8. The second kappa shape index (κ2) is 11.3. The molecule has 0 saturated carbocycles. The zero-order valence-electron chi connectivity index (χ0n) is 22.2. The van der Waals surface area contributed by atoms with Crippen LogP contribution in [0.15, 0.2) is 77.8 Å². The highest BCUT2D eigenvalue weighted by Gasteiger charge is 2.23. The summed E-state index contributed by atoms with van der Waals surface area (Å²) in [5, 5.41) is 8.35. The maximum absolute atomic E-state index is 15.3. The number of pyridine rings is 1. The molecule has 3 aromatic carbocycles. The summed E-state index contributed by atoms with van der Waals surface area (Å²) in [7, 11) is -4.13. The van der Waals surface area contributed by atoms with E-state index < -0.39 is 22.5 Å². The molecule has 0 unspecified atom stereocenters. The number of alkyl halides is 1. The molecule has 0 saturated heterocycles. The lowest BCUT2D eigenvalue weighted by atomic mass is 10.0. The summed E-state index contributed by atoms with van der Waals surface area (Å²) < 4.78 is 57.7. The lowest BCUT2D eigenvalue weighted by Crippen LogP contribution is -2.14. The van der Waals surface area contributed by atoms with Gasteiger partial charge in [0.1, 0.15) is 28.9 Å². The molecular weight excluding hydrogens is 570 g/mol. The number of sulfonamides is 1. The molecule has 5 rings (SSSR count). The number of nitrogens with two attached hydrogens (primary N) is 1. The summed E-state index contributed by atoms with van der Waals surface area (Å²) in [6.07, 6.45) is 1.67. The Hall–Kier alpha value is -4.22. The third kappa shape index (κ3) is 5.55. The predicted octanol–water partition coefficient (Wildman–Crippen LogP) is 6.90. The fourth-order valence-corrected chi connectivity index (χ4v) is 6.14. The average molecular weight is 597 g/mol. The van der Waals surface area contributed by atoms with Gasteiger partial charge in [0.2, 0.25) is 0 Å². The quantitative estimate of drug-likeness (QED) is 0.170. The van der Waals surface area contributed by atoms with Crippen molar-refractivity contribution in [2.75, 3.05) is 29.0 Å². The Balaban J connectivity index is 1.58. The Kier molecular flexibility index (Phi) is 7.83. The lowest BCUT2D eigenvalue weighted by Gasteiger charge is -2.12. The van der Waals surface area contributed by atoms with Crippen molar-refractivity contribution < 1.29 is 17.2 Å². The van der Waals surface area contributed by atoms with E-state index in [-0.39, 0.29) is 34.0 Å². The number of benzene rings is 3. The van der Waals surface area contributed by atoms with Gasteiger partial charge in [-0.1, -0.05) is 41.9 Å². The van der Waals surface area contributed by atoms with Crippen molar-refractivity contribution in [1.82, 2.24) is 14.8 Å². The van der Waals surface area contributed by atoms with Crippen molar-refractivity contribution in [2.45, 2.75) is 24.8 Å². The van der Waals surface area contributed by atoms with Crippen LogP contribution in [0.25, 0.3) is 33.3 Å². The SMILES string of the molecule is CC(C)n1nc(-c2ccc(NS(=O)(=O)c3ccccc3Cl)c(F)c2)c2c(N)ncc(-c3ccc(NCCF)cc3)c21. The van der Waals surface area contributed by atoms with Gasteiger partial charge in [0.25, 0.3) is 10.0 Å². The van der Waals surface area contributed by atoms with Crippen molar-refractivity contribution >= 4 is 49.7 Å². The van der Waals surface area contributed by atoms with Crippen molar-refractivity contribution in [3.8, 4) is 22.4 Å². The lowest BCUT2D eigenvalue weighted by molar-refractivity contribution is 0.513. The van der Waals surface area contributed by atoms with Crippen LogP contribution in [0, 0.1) is 5.82 Å². The van der Waals surface area contributed by atoms with Crippen LogP contribution in [0.1, 0.15) is 19.9 Å². The van der Waals surface area contributed by atoms with Crippen LogP contribution < -0.4 is 15.8 Å². The molecule has 212 valence electrons. The van der Waals surface area contributed by atoms with E-state index in [1.807, 2.05) is 38.1 Å². The van der Waals surface area contributed by atoms with Gasteiger partial charge in [0.15, 0.2) is 0 Å². The van der Waals surface area contributed by atoms with Gasteiger partial charge in [-0.15, -0.1) is 0 Å². The molecule has 0 bridgehead atoms. The van der Waals surface area contributed by atoms with Crippen molar-refractivity contribution in [2.24, 2.45) is 0 Å². The van der Waals surface area contributed by atoms with Gasteiger partial charge in [0, 0.05) is 35.6 Å². The Bertz CT molecular complexity index is 1840. The first-order chi connectivity index (χ1) is 19.6. The van der Waals surface area contributed by atoms with E-state index in [1.54, 1.807) is 23.0 Å². The van der Waals surface area contributed by atoms with E-state index >= 15 is 4.39 Å². The molecule has 0 fully saturated rings. The molecule has 0 aliphatic heterocycles. The maximum atomic E-state index is 15.3. The van der Waals surface area contributed by atoms with Crippen molar-refractivity contribution in [3.63, 3.8) is 0 Å². The minimum absolute atomic E-state index is 0.0205. The number of halogens is 3. The number of aromatic nitrogens is 3. The van der Waals surface area contributed by atoms with Gasteiger partial charge in [-0.25, -0.2) is 22.2 Å². The van der Waals surface area contributed by atoms with Crippen molar-refractivity contribution in [3.05, 3.63) is 83.8 Å². The molecular formula is C29H27ClF2N6O2S. The predicted molar refractivity (Wildman–Crippen MR) is 160 cm³/mol. The van der Waals surface area contributed by atoms with Crippen LogP contribution in [0.2, 0.25) is 5.02 Å². The summed E-state index contributed by atoms with van der Waals surface area (Å²) in [6.45, 7) is 3.67. The van der Waals surface area contributed by atoms with Gasteiger partial charge in [-0.2, -0.15) is 5.10 Å². The fourth-order valence-electron chi connectivity index (χ4n) is 4.55. The topological polar surface area (TPSA) is 115 Å². The third-order valence-corrected chi connectivity index (χ3v) is 8.34. The van der Waals surface area contributed by atoms with Crippen LogP contribution in [-0.4, -0.2) is 36.4 Å². The number of hydrogen-bond donors (Lipinski definition) is 3. The third-order valence-electron chi connectivity index (χ3n) is 6.48. The molecule has 4 N–H and O–H groups in total. The molecule has 0 atom stereocenters. The molecule has 0 aliphatic rings. The molecule has 8 nitrogen and oxygen atoms in total. The number of fused-ring (bicyclic) bond motifs is 1. The first-order valence-electron chi connectivity index (χ1n) is 12.7. The zero-order chi connectivity index (χ0) is 29.3. The smallest absolute Gasteiger partial charge is 0.263 e. The number of nitrogens with one attached hydrogen (secondary N) is 2. The number of nitrogens with zero attached hydrogens (tertiary/aromatic N) is 3. The Morgan fingerprint density at radius 2 is 1.76 bits per heavy atom. The molecule has 0 amide bonds. The number of nitrogen functional groups attached to an aromatic ring is 1. The first kappa shape index (κ1) is 28.3. The van der Waals surface area contributed by atoms with Gasteiger partial charge in [-0.05, 0) is 55.8 Å². The molecule has 5 aromatic rings. The highest BCUT2D eigenvalue weighted by molar-refractivity contribution is 7.92. The van der Waals surface area contributed by atoms with Crippen molar-refractivity contribution in [1.29, 1.82) is 0 Å². The van der Waals surface area contributed by atoms with E-state index in [2.05, 4.69) is 15.0 Å². The van der Waals surface area contributed by atoms with E-state index in [1.165, 1.54) is 30.3 Å². The standard InChI is InChI=1S/C29H27ClF2N6O2S/c1-17(2)38-28-21(18-7-10-20(11-8-18)34-14-13-31)16-35-29(33)26(28)27(36-38)19-9-12-24(23(32)15-19)37-41(39,40)25-6-4-3-5-22(25)30/h3-12,15-17,34,37H,13-14H2,1-2H3,(H2,33,35). The van der Waals surface area contributed by atoms with Crippen LogP contribution in [-0.2, 0) is 10.0 Å². The monoisotopic (exact) mass is 596 g/mol. The summed E-state index contributed by atoms with van der Waals surface area (Å²) in [5.41, 5.74) is 10.0. The van der Waals surface area contributed by atoms with E-state index in [0.29, 0.717) is 16.6 Å². The maximum Gasteiger partial charge on any atom is 0.263 e. The normalized spacial score (nSPS) is 11.8. The Labute approximate surface area is 241 Å². The largest absolute Gasteiger partial charge is 0.383 e. The molecule has 41 heavy (non-hydrogen) atoms. The Morgan fingerprint density at radius 1 is 1.05 bits per heavy atom. The molecule has 0 radical (unpaired) electrons. The van der Waals surface area contributed by atoms with Crippen LogP contribution in [0.3, 0.4) is 0 Å². The van der Waals surface area contributed by atoms with Crippen LogP contribution >= 0.6 is 11.6 Å². The number of rotatable bonds is 9. The molecule has 0 aliphatic carbocycles. The molecule has 0 spiro atoms. The highest BCUT2D eigenvalue weighted by atomic mass is 35.5. The van der Waals surface area contributed by atoms with Gasteiger partial charge < -0.3 is 11.1 Å². The molecule has 2 aromatic heterocycles. The number of hydrogen-bond acceptors (Lipinski definition) is 6. The van der Waals surface area contributed by atoms with Gasteiger partial charge >= 0.3 is 0 Å². The van der Waals surface area contributed by atoms with E-state index in [9.17, 15) is 12.8 Å². The fraction of sp³-hybridized carbons (Fsp3) is 0.172. The summed E-state index contributed by atoms with van der Waals surface area (Å²) >= 11 is 6.04. The summed E-state index contributed by atoms with van der Waals surface area (Å²) in [4.78, 5) is 4.24. The Morgan fingerprint density at radius 3 is 2.41 bits per heavy atom. The van der Waals surface area contributed by atoms with Crippen LogP contribution in [0.4, 0.5) is 26.0 Å². The van der Waals surface area contributed by atoms with Gasteiger partial charge in [-0.3, -0.25) is 9.40 Å². The van der Waals surface area contributed by atoms with E-state index in [0.717, 1.165) is 22.3 Å². The summed E-state index contributed by atoms with van der Waals surface area (Å²) in [5.74, 6) is -0.583. The minimum Gasteiger partial charge on any atom is -0.383 e. The highest BCUT2D eigenvalue weighted by Crippen LogP contribution is 2.39. The summed E-state index contributed by atoms with van der Waals surface area (Å²) in [6, 6.07) is 17.4. The van der Waals surface area contributed by atoms with E-state index in [4.69, 9.17) is 22.4 Å². The minimum atomic E-state index is -4.13. The van der Waals surface area contributed by atoms with Gasteiger partial charge in [0.05, 0.1) is 21.6 Å². The first-order valence-corrected chi connectivity index (χ1v) is 14.6. The molecule has 2 heterocycles. The molecule has 12 heteroatoms. The van der Waals surface area contributed by atoms with Crippen LogP contribution in [0.5, 0.6) is 0 Å². The number of anilines is 3. The second-order valence-electron chi connectivity index (χ2n) is 9.59.